The van der Waals surface area contributed by atoms with E-state index in [9.17, 15) is 4.79 Å². The molecule has 120 valence electrons. The summed E-state index contributed by atoms with van der Waals surface area (Å²) in [4.78, 5) is 12.2. The SMILES string of the molecule is CCn1c2ccccc2c2cc(NC(=O)C(C)C(C)N)ccc21. The number of nitrogens with zero attached hydrogens (tertiary/aromatic N) is 1. The molecule has 0 saturated carbocycles. The van der Waals surface area contributed by atoms with Crippen LogP contribution in [0.2, 0.25) is 0 Å². The van der Waals surface area contributed by atoms with Gasteiger partial charge in [-0.05, 0) is 38.1 Å². The summed E-state index contributed by atoms with van der Waals surface area (Å²) in [6.45, 7) is 6.76. The smallest absolute Gasteiger partial charge is 0.228 e. The highest BCUT2D eigenvalue weighted by molar-refractivity contribution is 6.09. The largest absolute Gasteiger partial charge is 0.341 e. The molecule has 3 N–H and O–H groups in total. The average molecular weight is 309 g/mol. The average Bonchev–Trinajstić information content (AvgIpc) is 2.87. The van der Waals surface area contributed by atoms with Crippen LogP contribution in [-0.2, 0) is 11.3 Å². The van der Waals surface area contributed by atoms with Crippen molar-refractivity contribution in [3.05, 3.63) is 42.5 Å². The molecule has 0 bridgehead atoms. The lowest BCUT2D eigenvalue weighted by atomic mass is 10.0. The Bertz CT molecular complexity index is 864. The van der Waals surface area contributed by atoms with Crippen LogP contribution >= 0.6 is 0 Å². The fourth-order valence-corrected chi connectivity index (χ4v) is 2.97. The van der Waals surface area contributed by atoms with Crippen molar-refractivity contribution in [3.63, 3.8) is 0 Å². The molecular weight excluding hydrogens is 286 g/mol. The van der Waals surface area contributed by atoms with Crippen LogP contribution in [0.3, 0.4) is 0 Å². The number of aromatic nitrogens is 1. The summed E-state index contributed by atoms with van der Waals surface area (Å²) < 4.78 is 2.29. The minimum absolute atomic E-state index is 0.0430. The van der Waals surface area contributed by atoms with Gasteiger partial charge in [-0.3, -0.25) is 4.79 Å². The summed E-state index contributed by atoms with van der Waals surface area (Å²) in [6, 6.07) is 14.3. The van der Waals surface area contributed by atoms with E-state index in [-0.39, 0.29) is 17.9 Å². The van der Waals surface area contributed by atoms with Crippen LogP contribution in [0.4, 0.5) is 5.69 Å². The molecule has 1 heterocycles. The lowest BCUT2D eigenvalue weighted by molar-refractivity contribution is -0.119. The van der Waals surface area contributed by atoms with Crippen molar-refractivity contribution in [2.45, 2.75) is 33.4 Å². The molecule has 4 nitrogen and oxygen atoms in total. The third-order valence-electron chi connectivity index (χ3n) is 4.56. The van der Waals surface area contributed by atoms with E-state index in [0.29, 0.717) is 0 Å². The molecule has 0 aliphatic rings. The van der Waals surface area contributed by atoms with Gasteiger partial charge in [0.15, 0.2) is 0 Å². The Labute approximate surface area is 136 Å². The molecule has 23 heavy (non-hydrogen) atoms. The van der Waals surface area contributed by atoms with Crippen molar-refractivity contribution >= 4 is 33.4 Å². The molecule has 2 unspecified atom stereocenters. The second-order valence-electron chi connectivity index (χ2n) is 6.13. The monoisotopic (exact) mass is 309 g/mol. The molecular formula is C19H23N3O. The van der Waals surface area contributed by atoms with Crippen molar-refractivity contribution in [2.75, 3.05) is 5.32 Å². The summed E-state index contributed by atoms with van der Waals surface area (Å²) in [5, 5.41) is 5.35. The number of benzene rings is 2. The van der Waals surface area contributed by atoms with Crippen LogP contribution in [0.1, 0.15) is 20.8 Å². The Kier molecular flexibility index (Phi) is 4.09. The molecule has 0 spiro atoms. The standard InChI is InChI=1S/C19H23N3O/c1-4-22-17-8-6-5-7-15(17)16-11-14(9-10-18(16)22)21-19(23)12(2)13(3)20/h5-13H,4,20H2,1-3H3,(H,21,23). The number of fused-ring (bicyclic) bond motifs is 3. The predicted octanol–water partition coefficient (Wildman–Crippen LogP) is 3.74. The Balaban J connectivity index is 2.05. The van der Waals surface area contributed by atoms with Gasteiger partial charge in [-0.25, -0.2) is 0 Å². The van der Waals surface area contributed by atoms with Gasteiger partial charge in [-0.2, -0.15) is 0 Å². The number of nitrogens with two attached hydrogens (primary N) is 1. The van der Waals surface area contributed by atoms with Crippen LogP contribution in [-0.4, -0.2) is 16.5 Å². The first kappa shape index (κ1) is 15.6. The Morgan fingerprint density at radius 3 is 2.52 bits per heavy atom. The number of nitrogens with one attached hydrogen (secondary N) is 1. The third kappa shape index (κ3) is 2.70. The van der Waals surface area contributed by atoms with E-state index in [1.807, 2.05) is 26.0 Å². The van der Waals surface area contributed by atoms with E-state index in [0.717, 1.165) is 17.6 Å². The van der Waals surface area contributed by atoms with E-state index in [4.69, 9.17) is 5.73 Å². The van der Waals surface area contributed by atoms with Gasteiger partial charge in [-0.15, -0.1) is 0 Å². The van der Waals surface area contributed by atoms with Crippen molar-refractivity contribution in [3.8, 4) is 0 Å². The Morgan fingerprint density at radius 1 is 1.13 bits per heavy atom. The molecule has 1 amide bonds. The number of rotatable bonds is 4. The summed E-state index contributed by atoms with van der Waals surface area (Å²) in [6.07, 6.45) is 0. The summed E-state index contributed by atoms with van der Waals surface area (Å²) >= 11 is 0. The molecule has 0 aliphatic heterocycles. The summed E-state index contributed by atoms with van der Waals surface area (Å²) in [5.41, 5.74) is 9.03. The van der Waals surface area contributed by atoms with Gasteiger partial charge in [0.2, 0.25) is 5.91 Å². The minimum atomic E-state index is -0.220. The molecule has 2 atom stereocenters. The van der Waals surface area contributed by atoms with Gasteiger partial charge < -0.3 is 15.6 Å². The van der Waals surface area contributed by atoms with E-state index in [1.54, 1.807) is 0 Å². The molecule has 3 rings (SSSR count). The quantitative estimate of drug-likeness (QED) is 0.771. The topological polar surface area (TPSA) is 60.0 Å². The Morgan fingerprint density at radius 2 is 1.83 bits per heavy atom. The first-order valence-corrected chi connectivity index (χ1v) is 8.10. The summed E-state index contributed by atoms with van der Waals surface area (Å²) in [5.74, 6) is -0.263. The van der Waals surface area contributed by atoms with E-state index in [1.165, 1.54) is 16.4 Å². The zero-order valence-corrected chi connectivity index (χ0v) is 13.8. The number of para-hydroxylation sites is 1. The van der Waals surface area contributed by atoms with Crippen LogP contribution in [0.15, 0.2) is 42.5 Å². The van der Waals surface area contributed by atoms with E-state index < -0.39 is 0 Å². The fourth-order valence-electron chi connectivity index (χ4n) is 2.97. The van der Waals surface area contributed by atoms with Gasteiger partial charge in [0.05, 0.1) is 5.92 Å². The molecule has 3 aromatic rings. The van der Waals surface area contributed by atoms with Gasteiger partial charge in [-0.1, -0.05) is 25.1 Å². The highest BCUT2D eigenvalue weighted by Gasteiger charge is 2.17. The van der Waals surface area contributed by atoms with Crippen molar-refractivity contribution in [2.24, 2.45) is 11.7 Å². The van der Waals surface area contributed by atoms with Crippen LogP contribution in [0.5, 0.6) is 0 Å². The minimum Gasteiger partial charge on any atom is -0.341 e. The molecule has 0 radical (unpaired) electrons. The van der Waals surface area contributed by atoms with Crippen LogP contribution < -0.4 is 11.1 Å². The maximum Gasteiger partial charge on any atom is 0.228 e. The van der Waals surface area contributed by atoms with Crippen molar-refractivity contribution in [1.29, 1.82) is 0 Å². The zero-order valence-electron chi connectivity index (χ0n) is 13.8. The van der Waals surface area contributed by atoms with Gasteiger partial charge >= 0.3 is 0 Å². The molecule has 1 aromatic heterocycles. The second kappa shape index (κ2) is 6.05. The number of carbonyl (C=O) groups excluding carboxylic acids is 1. The zero-order chi connectivity index (χ0) is 16.6. The lowest BCUT2D eigenvalue weighted by Gasteiger charge is -2.15. The fraction of sp³-hybridized carbons (Fsp3) is 0.316. The first-order chi connectivity index (χ1) is 11.0. The van der Waals surface area contributed by atoms with Gasteiger partial charge in [0.1, 0.15) is 0 Å². The third-order valence-corrected chi connectivity index (χ3v) is 4.56. The van der Waals surface area contributed by atoms with Crippen LogP contribution in [0, 0.1) is 5.92 Å². The molecule has 4 heteroatoms. The maximum atomic E-state index is 12.2. The number of anilines is 1. The highest BCUT2D eigenvalue weighted by atomic mass is 16.1. The highest BCUT2D eigenvalue weighted by Crippen LogP contribution is 2.31. The number of aryl methyl sites for hydroxylation is 1. The Hall–Kier alpha value is -2.33. The molecule has 0 saturated heterocycles. The summed E-state index contributed by atoms with van der Waals surface area (Å²) in [7, 11) is 0. The van der Waals surface area contributed by atoms with Crippen molar-refractivity contribution < 1.29 is 4.79 Å². The normalized spacial score (nSPS) is 14.1. The predicted molar refractivity (Wildman–Crippen MR) is 96.6 cm³/mol. The van der Waals surface area contributed by atoms with Gasteiger partial charge in [0.25, 0.3) is 0 Å². The van der Waals surface area contributed by atoms with E-state index in [2.05, 4.69) is 47.1 Å². The van der Waals surface area contributed by atoms with E-state index >= 15 is 0 Å². The molecule has 0 aliphatic carbocycles. The maximum absolute atomic E-state index is 12.2. The number of hydrogen-bond donors (Lipinski definition) is 2. The molecule has 2 aromatic carbocycles. The molecule has 0 fully saturated rings. The number of amides is 1. The second-order valence-corrected chi connectivity index (χ2v) is 6.13. The van der Waals surface area contributed by atoms with Crippen molar-refractivity contribution in [1.82, 2.24) is 4.57 Å². The number of carbonyl (C=O) groups is 1. The van der Waals surface area contributed by atoms with Gasteiger partial charge in [0, 0.05) is 40.1 Å². The first-order valence-electron chi connectivity index (χ1n) is 8.10. The number of hydrogen-bond acceptors (Lipinski definition) is 2. The van der Waals surface area contributed by atoms with Crippen LogP contribution in [0.25, 0.3) is 21.8 Å². The lowest BCUT2D eigenvalue weighted by Crippen LogP contribution is -2.34.